The minimum absolute atomic E-state index is 0. The first-order valence-electron chi connectivity index (χ1n) is 6.70. The van der Waals surface area contributed by atoms with Crippen LogP contribution in [-0.4, -0.2) is 13.1 Å². The lowest BCUT2D eigenvalue weighted by atomic mass is 10.0. The van der Waals surface area contributed by atoms with Crippen LogP contribution in [-0.2, 0) is 4.79 Å². The van der Waals surface area contributed by atoms with Gasteiger partial charge in [-0.2, -0.15) is 0 Å². The molecule has 5 heteroatoms. The molecule has 1 rings (SSSR count). The molecule has 0 amide bonds. The van der Waals surface area contributed by atoms with Gasteiger partial charge < -0.3 is 15.2 Å². The molecule has 0 aromatic heterocycles. The zero-order chi connectivity index (χ0) is 14.3. The molecule has 4 nitrogen and oxygen atoms in total. The van der Waals surface area contributed by atoms with E-state index in [1.807, 2.05) is 12.1 Å². The lowest BCUT2D eigenvalue weighted by molar-refractivity contribution is -0.132. The summed E-state index contributed by atoms with van der Waals surface area (Å²) in [5.41, 5.74) is 7.15. The Hall–Kier alpha value is -1.26. The van der Waals surface area contributed by atoms with Crippen LogP contribution in [0.2, 0.25) is 0 Å². The maximum Gasteiger partial charge on any atom is 0.308 e. The van der Waals surface area contributed by atoms with Gasteiger partial charge in [0.25, 0.3) is 0 Å². The number of benzene rings is 1. The van der Waals surface area contributed by atoms with Crippen molar-refractivity contribution in [3.05, 3.63) is 23.8 Å². The molecule has 114 valence electrons. The first kappa shape index (κ1) is 18.7. The highest BCUT2D eigenvalue weighted by atomic mass is 35.5. The number of hydrogen-bond acceptors (Lipinski definition) is 4. The molecule has 0 saturated carbocycles. The second kappa shape index (κ2) is 9.61. The van der Waals surface area contributed by atoms with Crippen LogP contribution < -0.4 is 15.2 Å². The average Bonchev–Trinajstić information content (AvgIpc) is 2.38. The van der Waals surface area contributed by atoms with Crippen molar-refractivity contribution in [3.8, 4) is 11.5 Å². The van der Waals surface area contributed by atoms with E-state index in [0.717, 1.165) is 18.4 Å². The van der Waals surface area contributed by atoms with Gasteiger partial charge in [0.2, 0.25) is 0 Å². The third-order valence-electron chi connectivity index (χ3n) is 2.99. The van der Waals surface area contributed by atoms with Crippen molar-refractivity contribution < 1.29 is 14.3 Å². The Morgan fingerprint density at radius 2 is 2.00 bits per heavy atom. The molecule has 0 spiro atoms. The summed E-state index contributed by atoms with van der Waals surface area (Å²) >= 11 is 0. The summed E-state index contributed by atoms with van der Waals surface area (Å²) in [6, 6.07) is 5.45. The van der Waals surface area contributed by atoms with Gasteiger partial charge in [-0.15, -0.1) is 12.4 Å². The molecular weight excluding hydrogens is 278 g/mol. The lowest BCUT2D eigenvalue weighted by Crippen LogP contribution is -2.11. The normalized spacial score (nSPS) is 11.4. The van der Waals surface area contributed by atoms with E-state index in [-0.39, 0.29) is 24.4 Å². The van der Waals surface area contributed by atoms with Gasteiger partial charge in [0.05, 0.1) is 7.11 Å². The summed E-state index contributed by atoms with van der Waals surface area (Å²) in [4.78, 5) is 11.0. The summed E-state index contributed by atoms with van der Waals surface area (Å²) in [5.74, 6) is 0.608. The van der Waals surface area contributed by atoms with E-state index in [2.05, 4.69) is 6.92 Å². The van der Waals surface area contributed by atoms with Crippen LogP contribution in [0.25, 0.3) is 0 Å². The van der Waals surface area contributed by atoms with Crippen LogP contribution in [0, 0.1) is 0 Å². The van der Waals surface area contributed by atoms with Crippen molar-refractivity contribution in [3.63, 3.8) is 0 Å². The van der Waals surface area contributed by atoms with Crippen LogP contribution >= 0.6 is 12.4 Å². The largest absolute Gasteiger partial charge is 0.493 e. The molecule has 0 unspecified atom stereocenters. The highest BCUT2D eigenvalue weighted by molar-refractivity contribution is 5.85. The molecular formula is C15H24ClNO3. The van der Waals surface area contributed by atoms with E-state index in [9.17, 15) is 4.79 Å². The van der Waals surface area contributed by atoms with Crippen LogP contribution in [0.15, 0.2) is 18.2 Å². The Morgan fingerprint density at radius 1 is 1.30 bits per heavy atom. The predicted molar refractivity (Wildman–Crippen MR) is 82.6 cm³/mol. The first-order chi connectivity index (χ1) is 9.08. The minimum Gasteiger partial charge on any atom is -0.493 e. The third kappa shape index (κ3) is 5.80. The highest BCUT2D eigenvalue weighted by Crippen LogP contribution is 2.31. The number of carbonyl (C=O) groups excluding carboxylic acids is 1. The number of methoxy groups -OCH3 is 1. The standard InChI is InChI=1S/C15H23NO3.ClH/c1-4-5-6-7-13(16)12-8-9-14(19-11(2)17)15(10-12)18-3;/h8-10,13H,4-7,16H2,1-3H3;1H/t13-;/m1./s1. The number of halogens is 1. The highest BCUT2D eigenvalue weighted by Gasteiger charge is 2.12. The molecule has 1 atom stereocenters. The van der Waals surface area contributed by atoms with Crippen LogP contribution in [0.1, 0.15) is 51.1 Å². The number of rotatable bonds is 7. The number of nitrogens with two attached hydrogens (primary N) is 1. The molecule has 0 aliphatic heterocycles. The maximum absolute atomic E-state index is 11.0. The van der Waals surface area contributed by atoms with Crippen LogP contribution in [0.5, 0.6) is 11.5 Å². The second-order valence-electron chi connectivity index (χ2n) is 4.61. The molecule has 0 saturated heterocycles. The van der Waals surface area contributed by atoms with E-state index >= 15 is 0 Å². The zero-order valence-corrected chi connectivity index (χ0v) is 13.2. The van der Waals surface area contributed by atoms with Crippen molar-refractivity contribution in [2.75, 3.05) is 7.11 Å². The topological polar surface area (TPSA) is 61.5 Å². The third-order valence-corrected chi connectivity index (χ3v) is 2.99. The number of ether oxygens (including phenoxy) is 2. The maximum atomic E-state index is 11.0. The number of hydrogen-bond donors (Lipinski definition) is 1. The van der Waals surface area contributed by atoms with Crippen LogP contribution in [0.3, 0.4) is 0 Å². The summed E-state index contributed by atoms with van der Waals surface area (Å²) < 4.78 is 10.3. The second-order valence-corrected chi connectivity index (χ2v) is 4.61. The lowest BCUT2D eigenvalue weighted by Gasteiger charge is -2.15. The van der Waals surface area contributed by atoms with Gasteiger partial charge in [0.1, 0.15) is 0 Å². The molecule has 0 aliphatic rings. The van der Waals surface area contributed by atoms with Crippen molar-refractivity contribution in [1.29, 1.82) is 0 Å². The molecule has 1 aromatic carbocycles. The van der Waals surface area contributed by atoms with E-state index in [1.54, 1.807) is 13.2 Å². The molecule has 20 heavy (non-hydrogen) atoms. The molecule has 2 N–H and O–H groups in total. The predicted octanol–water partition coefficient (Wildman–Crippen LogP) is 3.62. The molecule has 0 bridgehead atoms. The van der Waals surface area contributed by atoms with E-state index in [0.29, 0.717) is 11.5 Å². The van der Waals surface area contributed by atoms with Gasteiger partial charge in [0, 0.05) is 13.0 Å². The number of unbranched alkanes of at least 4 members (excludes halogenated alkanes) is 2. The van der Waals surface area contributed by atoms with Crippen LogP contribution in [0.4, 0.5) is 0 Å². The van der Waals surface area contributed by atoms with Crippen molar-refractivity contribution >= 4 is 18.4 Å². The fourth-order valence-corrected chi connectivity index (χ4v) is 1.93. The van der Waals surface area contributed by atoms with Gasteiger partial charge >= 0.3 is 5.97 Å². The quantitative estimate of drug-likeness (QED) is 0.474. The SMILES string of the molecule is CCCCC[C@@H](N)c1ccc(OC(C)=O)c(OC)c1.Cl. The van der Waals surface area contributed by atoms with Gasteiger partial charge in [0.15, 0.2) is 11.5 Å². The van der Waals surface area contributed by atoms with Crippen molar-refractivity contribution in [1.82, 2.24) is 0 Å². The fraction of sp³-hybridized carbons (Fsp3) is 0.533. The number of esters is 1. The van der Waals surface area contributed by atoms with Gasteiger partial charge in [-0.3, -0.25) is 4.79 Å². The summed E-state index contributed by atoms with van der Waals surface area (Å²) in [7, 11) is 1.55. The van der Waals surface area contributed by atoms with Crippen molar-refractivity contribution in [2.24, 2.45) is 5.73 Å². The average molecular weight is 302 g/mol. The Bertz CT molecular complexity index is 424. The summed E-state index contributed by atoms with van der Waals surface area (Å²) in [6.07, 6.45) is 4.44. The molecule has 0 heterocycles. The van der Waals surface area contributed by atoms with E-state index < -0.39 is 0 Å². The first-order valence-corrected chi connectivity index (χ1v) is 6.70. The molecule has 1 aromatic rings. The Labute approximate surface area is 127 Å². The Balaban J connectivity index is 0.00000361. The Kier molecular flexibility index (Phi) is 9.01. The van der Waals surface area contributed by atoms with Gasteiger partial charge in [-0.1, -0.05) is 32.3 Å². The van der Waals surface area contributed by atoms with Gasteiger partial charge in [-0.25, -0.2) is 0 Å². The summed E-state index contributed by atoms with van der Waals surface area (Å²) in [5, 5.41) is 0. The molecule has 0 fully saturated rings. The van der Waals surface area contributed by atoms with E-state index in [4.69, 9.17) is 15.2 Å². The zero-order valence-electron chi connectivity index (χ0n) is 12.3. The van der Waals surface area contributed by atoms with Gasteiger partial charge in [-0.05, 0) is 24.1 Å². The monoisotopic (exact) mass is 301 g/mol. The van der Waals surface area contributed by atoms with Crippen molar-refractivity contribution in [2.45, 2.75) is 45.6 Å². The fourth-order valence-electron chi connectivity index (χ4n) is 1.93. The molecule has 0 radical (unpaired) electrons. The molecule has 0 aliphatic carbocycles. The number of carbonyl (C=O) groups is 1. The Morgan fingerprint density at radius 3 is 2.55 bits per heavy atom. The minimum atomic E-state index is -0.363. The summed E-state index contributed by atoms with van der Waals surface area (Å²) in [6.45, 7) is 3.53. The van der Waals surface area contributed by atoms with E-state index in [1.165, 1.54) is 19.8 Å². The smallest absolute Gasteiger partial charge is 0.308 e.